The number of hydrogen-bond acceptors (Lipinski definition) is 3. The number of aromatic nitrogens is 1. The first-order valence-electron chi connectivity index (χ1n) is 7.78. The predicted octanol–water partition coefficient (Wildman–Crippen LogP) is 4.74. The standard InChI is InChI=1S/C18H24N2S/c1-5-19-14-10-18(3,4)11-15-16(14)21-17(20-15)13-8-6-7-12(2)9-13/h6-9,14,19H,5,10-11H2,1-4H3. The molecule has 21 heavy (non-hydrogen) atoms. The summed E-state index contributed by atoms with van der Waals surface area (Å²) in [6.07, 6.45) is 2.29. The van der Waals surface area contributed by atoms with E-state index in [-0.39, 0.29) is 0 Å². The number of benzene rings is 1. The second-order valence-electron chi connectivity index (χ2n) is 6.85. The zero-order chi connectivity index (χ0) is 15.0. The van der Waals surface area contributed by atoms with Gasteiger partial charge in [-0.05, 0) is 37.8 Å². The molecule has 1 N–H and O–H groups in total. The van der Waals surface area contributed by atoms with Crippen molar-refractivity contribution in [3.63, 3.8) is 0 Å². The van der Waals surface area contributed by atoms with Crippen LogP contribution in [0.3, 0.4) is 0 Å². The molecular weight excluding hydrogens is 276 g/mol. The Balaban J connectivity index is 2.01. The lowest BCUT2D eigenvalue weighted by Crippen LogP contribution is -2.32. The molecule has 1 atom stereocenters. The first-order chi connectivity index (χ1) is 9.98. The smallest absolute Gasteiger partial charge is 0.123 e. The van der Waals surface area contributed by atoms with Gasteiger partial charge in [0.15, 0.2) is 0 Å². The molecule has 0 aliphatic heterocycles. The molecule has 1 aromatic heterocycles. The third-order valence-corrected chi connectivity index (χ3v) is 5.42. The Bertz CT molecular complexity index is 642. The highest BCUT2D eigenvalue weighted by atomic mass is 32.1. The summed E-state index contributed by atoms with van der Waals surface area (Å²) in [4.78, 5) is 6.42. The van der Waals surface area contributed by atoms with Crippen LogP contribution in [0.2, 0.25) is 0 Å². The zero-order valence-corrected chi connectivity index (χ0v) is 14.2. The minimum absolute atomic E-state index is 0.331. The summed E-state index contributed by atoms with van der Waals surface area (Å²) in [6.45, 7) is 10.0. The van der Waals surface area contributed by atoms with Crippen LogP contribution >= 0.6 is 11.3 Å². The van der Waals surface area contributed by atoms with E-state index in [9.17, 15) is 0 Å². The highest BCUT2D eigenvalue weighted by molar-refractivity contribution is 7.15. The molecule has 1 unspecified atom stereocenters. The predicted molar refractivity (Wildman–Crippen MR) is 90.8 cm³/mol. The largest absolute Gasteiger partial charge is 0.309 e. The summed E-state index contributed by atoms with van der Waals surface area (Å²) in [5, 5.41) is 4.81. The second kappa shape index (κ2) is 5.54. The van der Waals surface area contributed by atoms with E-state index >= 15 is 0 Å². The van der Waals surface area contributed by atoms with Crippen LogP contribution in [0, 0.1) is 12.3 Å². The molecule has 2 aromatic rings. The summed E-state index contributed by atoms with van der Waals surface area (Å²) in [5.74, 6) is 0. The summed E-state index contributed by atoms with van der Waals surface area (Å²) >= 11 is 1.87. The maximum atomic E-state index is 4.97. The molecular formula is C18H24N2S. The average Bonchev–Trinajstić information content (AvgIpc) is 2.81. The number of hydrogen-bond donors (Lipinski definition) is 1. The maximum Gasteiger partial charge on any atom is 0.123 e. The number of nitrogens with zero attached hydrogens (tertiary/aromatic N) is 1. The van der Waals surface area contributed by atoms with Crippen LogP contribution in [0.15, 0.2) is 24.3 Å². The Morgan fingerprint density at radius 1 is 1.38 bits per heavy atom. The highest BCUT2D eigenvalue weighted by Crippen LogP contribution is 2.44. The fourth-order valence-corrected chi connectivity index (χ4v) is 4.40. The van der Waals surface area contributed by atoms with Crippen LogP contribution in [-0.2, 0) is 6.42 Å². The van der Waals surface area contributed by atoms with Crippen LogP contribution < -0.4 is 5.32 Å². The third-order valence-electron chi connectivity index (χ3n) is 4.16. The second-order valence-corrected chi connectivity index (χ2v) is 7.89. The van der Waals surface area contributed by atoms with Crippen LogP contribution in [0.4, 0.5) is 0 Å². The van der Waals surface area contributed by atoms with Crippen molar-refractivity contribution in [1.82, 2.24) is 10.3 Å². The van der Waals surface area contributed by atoms with Gasteiger partial charge in [0.2, 0.25) is 0 Å². The fourth-order valence-electron chi connectivity index (χ4n) is 3.25. The van der Waals surface area contributed by atoms with E-state index in [0.717, 1.165) is 13.0 Å². The lowest BCUT2D eigenvalue weighted by molar-refractivity contribution is 0.260. The molecule has 1 heterocycles. The third kappa shape index (κ3) is 3.04. The molecule has 0 saturated carbocycles. The van der Waals surface area contributed by atoms with Crippen molar-refractivity contribution >= 4 is 11.3 Å². The summed E-state index contributed by atoms with van der Waals surface area (Å²) in [5.41, 5.74) is 4.18. The number of thiazole rings is 1. The quantitative estimate of drug-likeness (QED) is 0.885. The topological polar surface area (TPSA) is 24.9 Å². The van der Waals surface area contributed by atoms with Crippen molar-refractivity contribution in [1.29, 1.82) is 0 Å². The number of aryl methyl sites for hydroxylation is 1. The minimum Gasteiger partial charge on any atom is -0.309 e. The molecule has 0 radical (unpaired) electrons. The lowest BCUT2D eigenvalue weighted by Gasteiger charge is -2.34. The molecule has 1 aliphatic rings. The van der Waals surface area contributed by atoms with Crippen LogP contribution in [0.1, 0.15) is 49.4 Å². The first-order valence-corrected chi connectivity index (χ1v) is 8.60. The van der Waals surface area contributed by atoms with E-state index in [0.29, 0.717) is 11.5 Å². The van der Waals surface area contributed by atoms with Gasteiger partial charge in [-0.15, -0.1) is 11.3 Å². The maximum absolute atomic E-state index is 4.97. The molecule has 3 rings (SSSR count). The zero-order valence-electron chi connectivity index (χ0n) is 13.4. The Labute approximate surface area is 131 Å². The van der Waals surface area contributed by atoms with Gasteiger partial charge in [-0.3, -0.25) is 0 Å². The summed E-state index contributed by atoms with van der Waals surface area (Å²) in [6, 6.07) is 9.13. The number of fused-ring (bicyclic) bond motifs is 1. The van der Waals surface area contributed by atoms with Gasteiger partial charge in [-0.25, -0.2) is 4.98 Å². The minimum atomic E-state index is 0.331. The summed E-state index contributed by atoms with van der Waals surface area (Å²) in [7, 11) is 0. The van der Waals surface area contributed by atoms with Crippen molar-refractivity contribution in [2.24, 2.45) is 5.41 Å². The Kier molecular flexibility index (Phi) is 3.89. The van der Waals surface area contributed by atoms with E-state index in [1.807, 2.05) is 11.3 Å². The van der Waals surface area contributed by atoms with Gasteiger partial charge in [0.25, 0.3) is 0 Å². The molecule has 0 fully saturated rings. The fraction of sp³-hybridized carbons (Fsp3) is 0.500. The van der Waals surface area contributed by atoms with E-state index in [1.165, 1.54) is 33.1 Å². The first kappa shape index (κ1) is 14.7. The Hall–Kier alpha value is -1.19. The SMILES string of the molecule is CCNC1CC(C)(C)Cc2nc(-c3cccc(C)c3)sc21. The summed E-state index contributed by atoms with van der Waals surface area (Å²) < 4.78 is 0. The van der Waals surface area contributed by atoms with Crippen molar-refractivity contribution < 1.29 is 0 Å². The monoisotopic (exact) mass is 300 g/mol. The molecule has 3 heteroatoms. The van der Waals surface area contributed by atoms with Crippen molar-refractivity contribution in [2.75, 3.05) is 6.54 Å². The normalized spacial score (nSPS) is 20.3. The van der Waals surface area contributed by atoms with E-state index in [1.54, 1.807) is 0 Å². The molecule has 2 nitrogen and oxygen atoms in total. The van der Waals surface area contributed by atoms with Gasteiger partial charge in [-0.2, -0.15) is 0 Å². The van der Waals surface area contributed by atoms with Crippen LogP contribution in [-0.4, -0.2) is 11.5 Å². The molecule has 0 bridgehead atoms. The molecule has 1 aliphatic carbocycles. The molecule has 0 spiro atoms. The van der Waals surface area contributed by atoms with Crippen molar-refractivity contribution in [2.45, 2.75) is 46.6 Å². The molecule has 1 aromatic carbocycles. The molecule has 0 amide bonds. The molecule has 0 saturated heterocycles. The van der Waals surface area contributed by atoms with Gasteiger partial charge < -0.3 is 5.32 Å². The van der Waals surface area contributed by atoms with Gasteiger partial charge >= 0.3 is 0 Å². The van der Waals surface area contributed by atoms with Gasteiger partial charge in [0, 0.05) is 16.5 Å². The average molecular weight is 300 g/mol. The Morgan fingerprint density at radius 2 is 2.19 bits per heavy atom. The number of nitrogens with one attached hydrogen (secondary N) is 1. The number of rotatable bonds is 3. The van der Waals surface area contributed by atoms with Crippen LogP contribution in [0.5, 0.6) is 0 Å². The van der Waals surface area contributed by atoms with Crippen molar-refractivity contribution in [3.8, 4) is 10.6 Å². The van der Waals surface area contributed by atoms with Gasteiger partial charge in [-0.1, -0.05) is 44.5 Å². The van der Waals surface area contributed by atoms with Gasteiger partial charge in [0.1, 0.15) is 5.01 Å². The Morgan fingerprint density at radius 3 is 2.90 bits per heavy atom. The van der Waals surface area contributed by atoms with Crippen LogP contribution in [0.25, 0.3) is 10.6 Å². The lowest BCUT2D eigenvalue weighted by atomic mass is 9.76. The van der Waals surface area contributed by atoms with E-state index < -0.39 is 0 Å². The van der Waals surface area contributed by atoms with E-state index in [2.05, 4.69) is 57.3 Å². The molecule has 112 valence electrons. The highest BCUT2D eigenvalue weighted by Gasteiger charge is 2.34. The van der Waals surface area contributed by atoms with E-state index in [4.69, 9.17) is 4.98 Å². The van der Waals surface area contributed by atoms with Crippen molar-refractivity contribution in [3.05, 3.63) is 40.4 Å². The van der Waals surface area contributed by atoms with Gasteiger partial charge in [0.05, 0.1) is 5.69 Å².